The lowest BCUT2D eigenvalue weighted by molar-refractivity contribution is -0.214. The first-order chi connectivity index (χ1) is 13.2. The summed E-state index contributed by atoms with van der Waals surface area (Å²) in [7, 11) is -2.48. The van der Waals surface area contributed by atoms with E-state index in [0.29, 0.717) is 0 Å². The van der Waals surface area contributed by atoms with E-state index in [1.165, 1.54) is 0 Å². The molecule has 2 aliphatic rings. The summed E-state index contributed by atoms with van der Waals surface area (Å²) in [4.78, 5) is 26.6. The predicted molar refractivity (Wildman–Crippen MR) is 104 cm³/mol. The Balaban J connectivity index is 2.35. The molecular formula is C17H30N4O7Si. The van der Waals surface area contributed by atoms with Gasteiger partial charge in [0.15, 0.2) is 26.5 Å². The van der Waals surface area contributed by atoms with Crippen molar-refractivity contribution in [3.8, 4) is 0 Å². The van der Waals surface area contributed by atoms with Gasteiger partial charge < -0.3 is 29.1 Å². The lowest BCUT2D eigenvalue weighted by Gasteiger charge is -2.40. The third-order valence-corrected chi connectivity index (χ3v) is 9.89. The van der Waals surface area contributed by atoms with Gasteiger partial charge in [-0.2, -0.15) is 0 Å². The number of carbonyl (C=O) groups is 2. The van der Waals surface area contributed by atoms with Crippen molar-refractivity contribution < 1.29 is 33.3 Å². The van der Waals surface area contributed by atoms with E-state index in [-0.39, 0.29) is 5.04 Å². The highest BCUT2D eigenvalue weighted by atomic mass is 28.4. The summed E-state index contributed by atoms with van der Waals surface area (Å²) < 4.78 is 23.7. The Bertz CT molecular complexity index is 702. The zero-order valence-corrected chi connectivity index (χ0v) is 18.8. The SMILES string of the molecule is CC1(C)O[C@H]2O[C@H](C(O[Si](C)(C)C(C)(C)C)C(=O)NCC(=O)O)C(N=[N+]=[N-])[C@H]2O1. The molecule has 0 radical (unpaired) electrons. The molecule has 12 heteroatoms. The zero-order chi connectivity index (χ0) is 22.2. The molecule has 2 fully saturated rings. The van der Waals surface area contributed by atoms with Crippen LogP contribution in [0.1, 0.15) is 34.6 Å². The van der Waals surface area contributed by atoms with Gasteiger partial charge in [0.1, 0.15) is 18.8 Å². The Morgan fingerprint density at radius 1 is 1.34 bits per heavy atom. The Hall–Kier alpha value is -1.69. The minimum absolute atomic E-state index is 0.226. The number of rotatable bonds is 7. The summed E-state index contributed by atoms with van der Waals surface area (Å²) >= 11 is 0. The van der Waals surface area contributed by atoms with Crippen LogP contribution in [0.2, 0.25) is 18.1 Å². The van der Waals surface area contributed by atoms with Crippen LogP contribution in [0, 0.1) is 0 Å². The predicted octanol–water partition coefficient (Wildman–Crippen LogP) is 2.13. The zero-order valence-electron chi connectivity index (χ0n) is 17.8. The average Bonchev–Trinajstić information content (AvgIpc) is 3.02. The topological polar surface area (TPSA) is 152 Å². The fourth-order valence-electron chi connectivity index (χ4n) is 2.98. The fraction of sp³-hybridized carbons (Fsp3) is 0.882. The standard InChI is InChI=1S/C17H30N4O7Si/c1-16(2,3)29(6,7)28-13(14(24)19-8-9(22)23)11-10(20-21-18)12-15(25-11)27-17(4,5)26-12/h10-13,15H,8H2,1-7H3,(H,19,24)(H,22,23)/t10?,11-,12+,13?,15+/m0/s1. The summed E-state index contributed by atoms with van der Waals surface area (Å²) in [6.45, 7) is 12.8. The number of carboxylic acid groups (broad SMARTS) is 1. The summed E-state index contributed by atoms with van der Waals surface area (Å²) in [5.41, 5.74) is 9.05. The number of hydrogen-bond donors (Lipinski definition) is 2. The van der Waals surface area contributed by atoms with Gasteiger partial charge in [-0.1, -0.05) is 25.9 Å². The van der Waals surface area contributed by atoms with Crippen LogP contribution in [0.5, 0.6) is 0 Å². The minimum Gasteiger partial charge on any atom is -0.480 e. The number of nitrogens with zero attached hydrogens (tertiary/aromatic N) is 3. The van der Waals surface area contributed by atoms with Crippen molar-refractivity contribution in [2.75, 3.05) is 6.54 Å². The fourth-order valence-corrected chi connectivity index (χ4v) is 4.21. The summed E-state index contributed by atoms with van der Waals surface area (Å²) in [6.07, 6.45) is -3.71. The van der Waals surface area contributed by atoms with Crippen LogP contribution in [0.25, 0.3) is 10.4 Å². The van der Waals surface area contributed by atoms with E-state index in [1.54, 1.807) is 13.8 Å². The van der Waals surface area contributed by atoms with Crippen LogP contribution in [0.4, 0.5) is 0 Å². The molecule has 2 heterocycles. The maximum absolute atomic E-state index is 12.9. The first kappa shape index (κ1) is 23.6. The second kappa shape index (κ2) is 8.21. The first-order valence-electron chi connectivity index (χ1n) is 9.41. The average molecular weight is 431 g/mol. The van der Waals surface area contributed by atoms with E-state index in [4.69, 9.17) is 29.3 Å². The van der Waals surface area contributed by atoms with Crippen LogP contribution in [-0.4, -0.2) is 68.3 Å². The molecule has 2 unspecified atom stereocenters. The number of aliphatic carboxylic acids is 1. The van der Waals surface area contributed by atoms with Crippen LogP contribution in [0.3, 0.4) is 0 Å². The lowest BCUT2D eigenvalue weighted by Crippen LogP contribution is -2.56. The second-order valence-electron chi connectivity index (χ2n) is 9.18. The normalized spacial score (nSPS) is 29.6. The molecule has 29 heavy (non-hydrogen) atoms. The van der Waals surface area contributed by atoms with Gasteiger partial charge in [0.05, 0.1) is 6.04 Å². The summed E-state index contributed by atoms with van der Waals surface area (Å²) in [5, 5.41) is 14.8. The van der Waals surface area contributed by atoms with Crippen molar-refractivity contribution in [3.05, 3.63) is 10.4 Å². The van der Waals surface area contributed by atoms with E-state index >= 15 is 0 Å². The summed E-state index contributed by atoms with van der Waals surface area (Å²) in [5.74, 6) is -2.77. The Morgan fingerprint density at radius 3 is 2.48 bits per heavy atom. The van der Waals surface area contributed by atoms with E-state index in [9.17, 15) is 9.59 Å². The van der Waals surface area contributed by atoms with Crippen LogP contribution < -0.4 is 5.32 Å². The molecule has 11 nitrogen and oxygen atoms in total. The van der Waals surface area contributed by atoms with Crippen molar-refractivity contribution >= 4 is 20.2 Å². The number of nitrogens with one attached hydrogen (secondary N) is 1. The monoisotopic (exact) mass is 430 g/mol. The number of carbonyl (C=O) groups excluding carboxylic acids is 1. The molecule has 164 valence electrons. The Labute approximate surface area is 170 Å². The Morgan fingerprint density at radius 2 is 1.97 bits per heavy atom. The quantitative estimate of drug-likeness (QED) is 0.271. The van der Waals surface area contributed by atoms with E-state index in [1.807, 2.05) is 33.9 Å². The molecule has 0 spiro atoms. The smallest absolute Gasteiger partial charge is 0.322 e. The van der Waals surface area contributed by atoms with Crippen LogP contribution >= 0.6 is 0 Å². The van der Waals surface area contributed by atoms with Gasteiger partial charge in [-0.3, -0.25) is 9.59 Å². The largest absolute Gasteiger partial charge is 0.480 e. The van der Waals surface area contributed by atoms with Crippen molar-refractivity contribution in [2.45, 2.75) is 89.2 Å². The maximum atomic E-state index is 12.9. The van der Waals surface area contributed by atoms with Gasteiger partial charge in [0, 0.05) is 4.91 Å². The molecule has 0 aliphatic carbocycles. The molecule has 0 aromatic rings. The second-order valence-corrected chi connectivity index (χ2v) is 13.9. The molecule has 0 aromatic heterocycles. The van der Waals surface area contributed by atoms with E-state index < -0.39 is 63.2 Å². The highest BCUT2D eigenvalue weighted by Gasteiger charge is 2.58. The molecule has 2 N–H and O–H groups in total. The molecule has 5 atom stereocenters. The molecule has 2 aliphatic heterocycles. The van der Waals surface area contributed by atoms with Crippen LogP contribution in [-0.2, 0) is 28.2 Å². The molecule has 0 aromatic carbocycles. The third kappa shape index (κ3) is 5.27. The van der Waals surface area contributed by atoms with Crippen molar-refractivity contribution in [1.29, 1.82) is 0 Å². The van der Waals surface area contributed by atoms with Gasteiger partial charge >= 0.3 is 5.97 Å². The van der Waals surface area contributed by atoms with Gasteiger partial charge in [-0.15, -0.1) is 0 Å². The van der Waals surface area contributed by atoms with Crippen LogP contribution in [0.15, 0.2) is 5.11 Å². The minimum atomic E-state index is -2.48. The number of fused-ring (bicyclic) bond motifs is 1. The van der Waals surface area contributed by atoms with Gasteiger partial charge in [0.2, 0.25) is 0 Å². The molecular weight excluding hydrogens is 400 g/mol. The number of hydrogen-bond acceptors (Lipinski definition) is 7. The molecule has 0 saturated carbocycles. The molecule has 2 saturated heterocycles. The first-order valence-corrected chi connectivity index (χ1v) is 12.3. The van der Waals surface area contributed by atoms with Crippen molar-refractivity contribution in [2.24, 2.45) is 5.11 Å². The number of azide groups is 1. The van der Waals surface area contributed by atoms with Gasteiger partial charge in [0.25, 0.3) is 5.91 Å². The van der Waals surface area contributed by atoms with E-state index in [2.05, 4.69) is 15.3 Å². The lowest BCUT2D eigenvalue weighted by atomic mass is 10.0. The van der Waals surface area contributed by atoms with E-state index in [0.717, 1.165) is 0 Å². The highest BCUT2D eigenvalue weighted by Crippen LogP contribution is 2.43. The summed E-state index contributed by atoms with van der Waals surface area (Å²) in [6, 6.07) is -0.878. The van der Waals surface area contributed by atoms with Crippen molar-refractivity contribution in [1.82, 2.24) is 5.32 Å². The van der Waals surface area contributed by atoms with Crippen molar-refractivity contribution in [3.63, 3.8) is 0 Å². The van der Waals surface area contributed by atoms with Gasteiger partial charge in [-0.05, 0) is 37.5 Å². The third-order valence-electron chi connectivity index (χ3n) is 5.44. The molecule has 1 amide bonds. The number of carboxylic acids is 1. The maximum Gasteiger partial charge on any atom is 0.322 e. The number of amides is 1. The number of ether oxygens (including phenoxy) is 3. The molecule has 2 rings (SSSR count). The highest BCUT2D eigenvalue weighted by molar-refractivity contribution is 6.74. The Kier molecular flexibility index (Phi) is 6.67. The van der Waals surface area contributed by atoms with Gasteiger partial charge in [-0.25, -0.2) is 0 Å². The molecule has 0 bridgehead atoms.